The fraction of sp³-hybridized carbons (Fsp3) is 0.733. The highest BCUT2D eigenvalue weighted by molar-refractivity contribution is 5.75. The monoisotopic (exact) mass is 280 g/mol. The first kappa shape index (κ1) is 16.5. The summed E-state index contributed by atoms with van der Waals surface area (Å²) in [6.45, 7) is 10.6. The number of rotatable bonds is 8. The predicted octanol–water partition coefficient (Wildman–Crippen LogP) is 2.39. The largest absolute Gasteiger partial charge is 0.382 e. The molecule has 114 valence electrons. The maximum absolute atomic E-state index is 12.4. The van der Waals surface area contributed by atoms with Gasteiger partial charge >= 0.3 is 0 Å². The van der Waals surface area contributed by atoms with Crippen molar-refractivity contribution < 1.29 is 4.79 Å². The van der Waals surface area contributed by atoms with Gasteiger partial charge in [0.15, 0.2) is 0 Å². The van der Waals surface area contributed by atoms with Crippen molar-refractivity contribution in [2.45, 2.75) is 47.1 Å². The van der Waals surface area contributed by atoms with Crippen molar-refractivity contribution in [1.29, 1.82) is 0 Å². The van der Waals surface area contributed by atoms with E-state index >= 15 is 0 Å². The maximum Gasteiger partial charge on any atom is 0.244 e. The van der Waals surface area contributed by atoms with Crippen LogP contribution in [0.5, 0.6) is 0 Å². The van der Waals surface area contributed by atoms with Gasteiger partial charge in [0.25, 0.3) is 0 Å². The Labute approximate surface area is 122 Å². The third-order valence-electron chi connectivity index (χ3n) is 3.26. The first-order valence-electron chi connectivity index (χ1n) is 7.45. The van der Waals surface area contributed by atoms with E-state index in [4.69, 9.17) is 5.73 Å². The van der Waals surface area contributed by atoms with Crippen LogP contribution < -0.4 is 5.73 Å². The average Bonchev–Trinajstić information content (AvgIpc) is 2.73. The molecule has 0 bridgehead atoms. The van der Waals surface area contributed by atoms with E-state index < -0.39 is 0 Å². The fourth-order valence-electron chi connectivity index (χ4n) is 1.89. The molecule has 0 aromatic carbocycles. The van der Waals surface area contributed by atoms with Crippen LogP contribution in [0.25, 0.3) is 0 Å². The molecule has 2 N–H and O–H groups in total. The van der Waals surface area contributed by atoms with Crippen molar-refractivity contribution in [3.63, 3.8) is 0 Å². The summed E-state index contributed by atoms with van der Waals surface area (Å²) in [5.74, 6) is 1.78. The van der Waals surface area contributed by atoms with E-state index in [9.17, 15) is 4.79 Å². The molecule has 0 fully saturated rings. The third kappa shape index (κ3) is 6.08. The van der Waals surface area contributed by atoms with Crippen LogP contribution in [-0.2, 0) is 11.3 Å². The highest BCUT2D eigenvalue weighted by Crippen LogP contribution is 2.08. The van der Waals surface area contributed by atoms with Crippen molar-refractivity contribution in [3.8, 4) is 0 Å². The van der Waals surface area contributed by atoms with Crippen molar-refractivity contribution in [1.82, 2.24) is 14.7 Å². The summed E-state index contributed by atoms with van der Waals surface area (Å²) >= 11 is 0. The molecule has 0 saturated heterocycles. The Balaban J connectivity index is 2.57. The molecule has 5 nitrogen and oxygen atoms in total. The van der Waals surface area contributed by atoms with Crippen molar-refractivity contribution in [2.75, 3.05) is 18.8 Å². The Hall–Kier alpha value is -1.52. The summed E-state index contributed by atoms with van der Waals surface area (Å²) < 4.78 is 1.61. The summed E-state index contributed by atoms with van der Waals surface area (Å²) in [7, 11) is 0. The first-order chi connectivity index (χ1) is 9.38. The molecule has 0 atom stereocenters. The van der Waals surface area contributed by atoms with Crippen LogP contribution in [0.15, 0.2) is 12.3 Å². The first-order valence-corrected chi connectivity index (χ1v) is 7.45. The minimum absolute atomic E-state index is 0.120. The average molecular weight is 280 g/mol. The second-order valence-corrected chi connectivity index (χ2v) is 6.18. The Morgan fingerprint density at radius 1 is 1.25 bits per heavy atom. The number of hydrogen-bond acceptors (Lipinski definition) is 3. The minimum atomic E-state index is 0.120. The van der Waals surface area contributed by atoms with E-state index in [2.05, 4.69) is 32.8 Å². The van der Waals surface area contributed by atoms with Gasteiger partial charge in [0.2, 0.25) is 5.91 Å². The van der Waals surface area contributed by atoms with Crippen molar-refractivity contribution in [2.24, 2.45) is 11.8 Å². The third-order valence-corrected chi connectivity index (χ3v) is 3.26. The van der Waals surface area contributed by atoms with Gasteiger partial charge in [0.1, 0.15) is 12.4 Å². The normalized spacial score (nSPS) is 11.3. The van der Waals surface area contributed by atoms with Gasteiger partial charge in [-0.05, 0) is 30.7 Å². The van der Waals surface area contributed by atoms with Crippen LogP contribution in [-0.4, -0.2) is 33.7 Å². The van der Waals surface area contributed by atoms with Crippen molar-refractivity contribution in [3.05, 3.63) is 12.3 Å². The van der Waals surface area contributed by atoms with E-state index in [1.165, 1.54) is 0 Å². The number of carbonyl (C=O) groups is 1. The zero-order valence-electron chi connectivity index (χ0n) is 13.2. The summed E-state index contributed by atoms with van der Waals surface area (Å²) in [5, 5.41) is 4.07. The molecule has 1 aromatic rings. The molecular formula is C15H28N4O. The zero-order valence-corrected chi connectivity index (χ0v) is 13.2. The number of nitrogens with two attached hydrogens (primary N) is 1. The highest BCUT2D eigenvalue weighted by atomic mass is 16.2. The van der Waals surface area contributed by atoms with Crippen LogP contribution in [0.3, 0.4) is 0 Å². The van der Waals surface area contributed by atoms with E-state index in [1.807, 2.05) is 4.90 Å². The van der Waals surface area contributed by atoms with E-state index in [0.29, 0.717) is 17.7 Å². The summed E-state index contributed by atoms with van der Waals surface area (Å²) in [6, 6.07) is 1.71. The molecule has 0 aliphatic carbocycles. The molecule has 1 aromatic heterocycles. The Kier molecular flexibility index (Phi) is 6.55. The van der Waals surface area contributed by atoms with Crippen LogP contribution in [0.2, 0.25) is 0 Å². The van der Waals surface area contributed by atoms with Gasteiger partial charge in [-0.2, -0.15) is 5.10 Å². The molecule has 0 aliphatic rings. The highest BCUT2D eigenvalue weighted by Gasteiger charge is 2.15. The number of carbonyl (C=O) groups excluding carboxylic acids is 1. The number of amides is 1. The van der Waals surface area contributed by atoms with E-state index in [1.54, 1.807) is 16.9 Å². The van der Waals surface area contributed by atoms with Crippen molar-refractivity contribution >= 4 is 11.7 Å². The van der Waals surface area contributed by atoms with Gasteiger partial charge in [0.05, 0.1) is 0 Å². The zero-order chi connectivity index (χ0) is 15.1. The quantitative estimate of drug-likeness (QED) is 0.795. The molecule has 0 saturated carbocycles. The summed E-state index contributed by atoms with van der Waals surface area (Å²) in [5.41, 5.74) is 5.57. The lowest BCUT2D eigenvalue weighted by Crippen LogP contribution is -2.36. The van der Waals surface area contributed by atoms with Crippen LogP contribution in [0.1, 0.15) is 40.5 Å². The van der Waals surface area contributed by atoms with Crippen LogP contribution in [0.4, 0.5) is 5.82 Å². The van der Waals surface area contributed by atoms with Gasteiger partial charge in [-0.3, -0.25) is 9.48 Å². The molecular weight excluding hydrogens is 252 g/mol. The Morgan fingerprint density at radius 3 is 2.20 bits per heavy atom. The molecule has 5 heteroatoms. The number of nitrogen functional groups attached to an aromatic ring is 1. The van der Waals surface area contributed by atoms with Crippen LogP contribution >= 0.6 is 0 Å². The fourth-order valence-corrected chi connectivity index (χ4v) is 1.89. The molecule has 1 rings (SSSR count). The summed E-state index contributed by atoms with van der Waals surface area (Å²) in [4.78, 5) is 14.3. The second kappa shape index (κ2) is 7.92. The SMILES string of the molecule is CC(C)CCN(CCC(C)C)C(=O)Cn1ccc(N)n1. The van der Waals surface area contributed by atoms with Gasteiger partial charge in [-0.15, -0.1) is 0 Å². The number of hydrogen-bond donors (Lipinski definition) is 1. The summed E-state index contributed by atoms with van der Waals surface area (Å²) in [6.07, 6.45) is 3.81. The lowest BCUT2D eigenvalue weighted by atomic mass is 10.1. The maximum atomic E-state index is 12.4. The van der Waals surface area contributed by atoms with E-state index in [0.717, 1.165) is 25.9 Å². The predicted molar refractivity (Wildman–Crippen MR) is 82.1 cm³/mol. The molecule has 0 unspecified atom stereocenters. The molecule has 0 radical (unpaired) electrons. The van der Waals surface area contributed by atoms with Gasteiger partial charge in [0, 0.05) is 19.3 Å². The topological polar surface area (TPSA) is 64.2 Å². The van der Waals surface area contributed by atoms with E-state index in [-0.39, 0.29) is 12.5 Å². The lowest BCUT2D eigenvalue weighted by Gasteiger charge is -2.24. The molecule has 1 heterocycles. The molecule has 0 aliphatic heterocycles. The molecule has 20 heavy (non-hydrogen) atoms. The minimum Gasteiger partial charge on any atom is -0.382 e. The van der Waals surface area contributed by atoms with Gasteiger partial charge < -0.3 is 10.6 Å². The number of nitrogens with zero attached hydrogens (tertiary/aromatic N) is 3. The number of aromatic nitrogens is 2. The Bertz CT molecular complexity index is 400. The standard InChI is InChI=1S/C15H28N4O/c1-12(2)5-8-18(9-6-13(3)4)15(20)11-19-10-7-14(16)17-19/h7,10,12-13H,5-6,8-9,11H2,1-4H3,(H2,16,17). The van der Waals surface area contributed by atoms with Gasteiger partial charge in [-0.25, -0.2) is 0 Å². The van der Waals surface area contributed by atoms with Crippen LogP contribution in [0, 0.1) is 11.8 Å². The molecule has 0 spiro atoms. The van der Waals surface area contributed by atoms with Gasteiger partial charge in [-0.1, -0.05) is 27.7 Å². The lowest BCUT2D eigenvalue weighted by molar-refractivity contribution is -0.132. The number of anilines is 1. The Morgan fingerprint density at radius 2 is 1.80 bits per heavy atom. The molecule has 1 amide bonds. The second-order valence-electron chi connectivity index (χ2n) is 6.18. The smallest absolute Gasteiger partial charge is 0.244 e.